The van der Waals surface area contributed by atoms with Crippen LogP contribution < -0.4 is 5.73 Å². The third kappa shape index (κ3) is 3.07. The van der Waals surface area contributed by atoms with Crippen LogP contribution in [-0.2, 0) is 13.1 Å². The van der Waals surface area contributed by atoms with Gasteiger partial charge in [-0.15, -0.1) is 0 Å². The SMILES string of the molecule is CN(C)C1CCN(Cc2cc(F)ccc2CN)C1. The fourth-order valence-electron chi connectivity index (χ4n) is 2.56. The van der Waals surface area contributed by atoms with Gasteiger partial charge in [0.15, 0.2) is 0 Å². The molecule has 0 aromatic heterocycles. The average molecular weight is 251 g/mol. The number of rotatable bonds is 4. The van der Waals surface area contributed by atoms with Crippen molar-refractivity contribution >= 4 is 0 Å². The van der Waals surface area contributed by atoms with Crippen molar-refractivity contribution < 1.29 is 4.39 Å². The maximum absolute atomic E-state index is 13.3. The first-order chi connectivity index (χ1) is 8.60. The maximum Gasteiger partial charge on any atom is 0.123 e. The van der Waals surface area contributed by atoms with Gasteiger partial charge >= 0.3 is 0 Å². The van der Waals surface area contributed by atoms with Gasteiger partial charge in [0.1, 0.15) is 5.82 Å². The summed E-state index contributed by atoms with van der Waals surface area (Å²) in [4.78, 5) is 4.63. The average Bonchev–Trinajstić information content (AvgIpc) is 2.78. The van der Waals surface area contributed by atoms with E-state index in [0.29, 0.717) is 12.6 Å². The summed E-state index contributed by atoms with van der Waals surface area (Å²) in [5, 5.41) is 0. The highest BCUT2D eigenvalue weighted by atomic mass is 19.1. The Morgan fingerprint density at radius 3 is 2.78 bits per heavy atom. The Morgan fingerprint density at radius 1 is 1.39 bits per heavy atom. The number of nitrogens with zero attached hydrogens (tertiary/aromatic N) is 2. The summed E-state index contributed by atoms with van der Waals surface area (Å²) in [5.41, 5.74) is 7.77. The molecule has 1 heterocycles. The van der Waals surface area contributed by atoms with Crippen LogP contribution in [0.4, 0.5) is 4.39 Å². The minimum absolute atomic E-state index is 0.175. The lowest BCUT2D eigenvalue weighted by molar-refractivity contribution is 0.264. The number of hydrogen-bond donors (Lipinski definition) is 1. The quantitative estimate of drug-likeness (QED) is 0.878. The van der Waals surface area contributed by atoms with Gasteiger partial charge in [0, 0.05) is 32.2 Å². The van der Waals surface area contributed by atoms with Crippen molar-refractivity contribution in [1.29, 1.82) is 0 Å². The van der Waals surface area contributed by atoms with E-state index in [1.165, 1.54) is 12.5 Å². The third-order valence-electron chi connectivity index (χ3n) is 3.76. The summed E-state index contributed by atoms with van der Waals surface area (Å²) in [6.45, 7) is 3.39. The molecule has 0 spiro atoms. The summed E-state index contributed by atoms with van der Waals surface area (Å²) in [7, 11) is 4.23. The van der Waals surface area contributed by atoms with Gasteiger partial charge in [-0.05, 0) is 43.8 Å². The molecular formula is C14H22FN3. The van der Waals surface area contributed by atoms with Crippen molar-refractivity contribution in [3.05, 3.63) is 35.1 Å². The Kier molecular flexibility index (Phi) is 4.32. The molecule has 0 bridgehead atoms. The number of nitrogens with two attached hydrogens (primary N) is 1. The van der Waals surface area contributed by atoms with E-state index in [0.717, 1.165) is 30.8 Å². The zero-order valence-electron chi connectivity index (χ0n) is 11.2. The highest BCUT2D eigenvalue weighted by Crippen LogP contribution is 2.19. The molecular weight excluding hydrogens is 229 g/mol. The van der Waals surface area contributed by atoms with Crippen molar-refractivity contribution in [2.24, 2.45) is 5.73 Å². The van der Waals surface area contributed by atoms with Crippen LogP contribution in [0.25, 0.3) is 0 Å². The van der Waals surface area contributed by atoms with Crippen LogP contribution in [0.3, 0.4) is 0 Å². The zero-order valence-corrected chi connectivity index (χ0v) is 11.2. The van der Waals surface area contributed by atoms with E-state index >= 15 is 0 Å². The van der Waals surface area contributed by atoms with Gasteiger partial charge < -0.3 is 10.6 Å². The summed E-state index contributed by atoms with van der Waals surface area (Å²) >= 11 is 0. The van der Waals surface area contributed by atoms with E-state index in [4.69, 9.17) is 5.73 Å². The summed E-state index contributed by atoms with van der Waals surface area (Å²) in [5.74, 6) is -0.175. The van der Waals surface area contributed by atoms with Crippen molar-refractivity contribution in [2.45, 2.75) is 25.6 Å². The zero-order chi connectivity index (χ0) is 13.1. The second-order valence-electron chi connectivity index (χ2n) is 5.26. The first kappa shape index (κ1) is 13.5. The Bertz CT molecular complexity index is 406. The molecule has 1 aromatic rings. The number of likely N-dealkylation sites (N-methyl/N-ethyl adjacent to an activating group) is 1. The van der Waals surface area contributed by atoms with Crippen LogP contribution >= 0.6 is 0 Å². The molecule has 1 aliphatic heterocycles. The monoisotopic (exact) mass is 251 g/mol. The van der Waals surface area contributed by atoms with Crippen LogP contribution in [0.5, 0.6) is 0 Å². The van der Waals surface area contributed by atoms with Crippen LogP contribution in [-0.4, -0.2) is 43.0 Å². The van der Waals surface area contributed by atoms with E-state index < -0.39 is 0 Å². The number of halogens is 1. The standard InChI is InChI=1S/C14H22FN3/c1-17(2)14-5-6-18(10-14)9-12-7-13(15)4-3-11(12)8-16/h3-4,7,14H,5-6,8-10,16H2,1-2H3. The van der Waals surface area contributed by atoms with Crippen LogP contribution in [0.1, 0.15) is 17.5 Å². The fourth-order valence-corrected chi connectivity index (χ4v) is 2.56. The van der Waals surface area contributed by atoms with E-state index in [2.05, 4.69) is 23.9 Å². The van der Waals surface area contributed by atoms with Crippen LogP contribution in [0, 0.1) is 5.82 Å². The molecule has 0 saturated carbocycles. The van der Waals surface area contributed by atoms with E-state index in [1.54, 1.807) is 12.1 Å². The van der Waals surface area contributed by atoms with E-state index in [1.807, 2.05) is 0 Å². The maximum atomic E-state index is 13.3. The Hall–Kier alpha value is -0.970. The van der Waals surface area contributed by atoms with Crippen molar-refractivity contribution in [2.75, 3.05) is 27.2 Å². The number of hydrogen-bond acceptors (Lipinski definition) is 3. The lowest BCUT2D eigenvalue weighted by atomic mass is 10.1. The minimum atomic E-state index is -0.175. The predicted molar refractivity (Wildman–Crippen MR) is 71.7 cm³/mol. The highest BCUT2D eigenvalue weighted by Gasteiger charge is 2.24. The molecule has 0 amide bonds. The first-order valence-corrected chi connectivity index (χ1v) is 6.46. The fraction of sp³-hybridized carbons (Fsp3) is 0.571. The predicted octanol–water partition coefficient (Wildman–Crippen LogP) is 1.42. The van der Waals surface area contributed by atoms with Crippen molar-refractivity contribution in [3.63, 3.8) is 0 Å². The lowest BCUT2D eigenvalue weighted by Gasteiger charge is -2.21. The van der Waals surface area contributed by atoms with Gasteiger partial charge in [-0.2, -0.15) is 0 Å². The van der Waals surface area contributed by atoms with Crippen molar-refractivity contribution in [3.8, 4) is 0 Å². The summed E-state index contributed by atoms with van der Waals surface area (Å²) < 4.78 is 13.3. The topological polar surface area (TPSA) is 32.5 Å². The van der Waals surface area contributed by atoms with E-state index in [-0.39, 0.29) is 5.82 Å². The summed E-state index contributed by atoms with van der Waals surface area (Å²) in [6.07, 6.45) is 1.18. The number of likely N-dealkylation sites (tertiary alicyclic amines) is 1. The Balaban J connectivity index is 2.04. The largest absolute Gasteiger partial charge is 0.326 e. The molecule has 4 heteroatoms. The minimum Gasteiger partial charge on any atom is -0.326 e. The lowest BCUT2D eigenvalue weighted by Crippen LogP contribution is -2.31. The van der Waals surface area contributed by atoms with Crippen molar-refractivity contribution in [1.82, 2.24) is 9.80 Å². The molecule has 0 radical (unpaired) electrons. The second-order valence-corrected chi connectivity index (χ2v) is 5.26. The molecule has 1 fully saturated rings. The van der Waals surface area contributed by atoms with Gasteiger partial charge in [0.25, 0.3) is 0 Å². The van der Waals surface area contributed by atoms with Crippen LogP contribution in [0.2, 0.25) is 0 Å². The molecule has 100 valence electrons. The van der Waals surface area contributed by atoms with Gasteiger partial charge in [0.05, 0.1) is 0 Å². The third-order valence-corrected chi connectivity index (χ3v) is 3.76. The second kappa shape index (κ2) is 5.78. The normalized spacial score (nSPS) is 20.8. The molecule has 1 aromatic carbocycles. The van der Waals surface area contributed by atoms with Gasteiger partial charge in [-0.25, -0.2) is 4.39 Å². The van der Waals surface area contributed by atoms with E-state index in [9.17, 15) is 4.39 Å². The first-order valence-electron chi connectivity index (χ1n) is 6.46. The molecule has 0 aliphatic carbocycles. The molecule has 1 unspecified atom stereocenters. The molecule has 1 atom stereocenters. The summed E-state index contributed by atoms with van der Waals surface area (Å²) in [6, 6.07) is 5.51. The van der Waals surface area contributed by atoms with Gasteiger partial charge in [-0.3, -0.25) is 4.90 Å². The Morgan fingerprint density at radius 2 is 2.17 bits per heavy atom. The molecule has 2 N–H and O–H groups in total. The van der Waals surface area contributed by atoms with Gasteiger partial charge in [-0.1, -0.05) is 6.07 Å². The Labute approximate surface area is 108 Å². The van der Waals surface area contributed by atoms with Crippen LogP contribution in [0.15, 0.2) is 18.2 Å². The molecule has 1 aliphatic rings. The number of benzene rings is 1. The van der Waals surface area contributed by atoms with Gasteiger partial charge in [0.2, 0.25) is 0 Å². The highest BCUT2D eigenvalue weighted by molar-refractivity contribution is 5.27. The smallest absolute Gasteiger partial charge is 0.123 e. The molecule has 3 nitrogen and oxygen atoms in total. The molecule has 2 rings (SSSR count). The molecule has 1 saturated heterocycles. The molecule has 18 heavy (non-hydrogen) atoms.